The van der Waals surface area contributed by atoms with Crippen molar-refractivity contribution < 1.29 is 22.7 Å². The van der Waals surface area contributed by atoms with E-state index >= 15 is 0 Å². The SMILES string of the molecule is Cc1c(-c2cc(F)c(N)cc2F)ccc2c3oc(CNC(=O)[C@@H]4CNCCO4)nc3c(=O)n(C3CC3)c12. The molecule has 0 spiro atoms. The maximum atomic E-state index is 14.8. The predicted octanol–water partition coefficient (Wildman–Crippen LogP) is 2.92. The molecule has 0 bridgehead atoms. The fourth-order valence-corrected chi connectivity index (χ4v) is 4.93. The lowest BCUT2D eigenvalue weighted by molar-refractivity contribution is -0.134. The Morgan fingerprint density at radius 1 is 1.24 bits per heavy atom. The molecule has 11 heteroatoms. The number of amides is 1. The fourth-order valence-electron chi connectivity index (χ4n) is 4.93. The lowest BCUT2D eigenvalue weighted by Gasteiger charge is -2.22. The maximum absolute atomic E-state index is 14.8. The molecule has 2 aliphatic rings. The third kappa shape index (κ3) is 4.04. The van der Waals surface area contributed by atoms with E-state index in [4.69, 9.17) is 14.9 Å². The van der Waals surface area contributed by atoms with Gasteiger partial charge in [0.15, 0.2) is 11.1 Å². The highest BCUT2D eigenvalue weighted by molar-refractivity contribution is 6.04. The van der Waals surface area contributed by atoms with Gasteiger partial charge in [-0.1, -0.05) is 6.07 Å². The first kappa shape index (κ1) is 23.6. The van der Waals surface area contributed by atoms with Crippen LogP contribution in [0.25, 0.3) is 33.1 Å². The molecule has 0 unspecified atom stereocenters. The molecule has 1 amide bonds. The van der Waals surface area contributed by atoms with Crippen LogP contribution in [0.4, 0.5) is 14.5 Å². The van der Waals surface area contributed by atoms with Gasteiger partial charge in [0.05, 0.1) is 24.4 Å². The summed E-state index contributed by atoms with van der Waals surface area (Å²) in [6, 6.07) is 5.40. The Balaban J connectivity index is 1.45. The number of ether oxygens (including phenoxy) is 1. The molecule has 0 radical (unpaired) electrons. The Kier molecular flexibility index (Phi) is 5.68. The lowest BCUT2D eigenvalue weighted by atomic mass is 9.96. The number of benzene rings is 2. The molecule has 1 saturated heterocycles. The summed E-state index contributed by atoms with van der Waals surface area (Å²) in [7, 11) is 0. The first-order valence-electron chi connectivity index (χ1n) is 12.2. The minimum Gasteiger partial charge on any atom is -0.438 e. The summed E-state index contributed by atoms with van der Waals surface area (Å²) in [5.41, 5.74) is 7.08. The zero-order chi connectivity index (χ0) is 25.8. The average molecular weight is 510 g/mol. The number of aryl methyl sites for hydroxylation is 1. The van der Waals surface area contributed by atoms with E-state index in [0.29, 0.717) is 41.7 Å². The van der Waals surface area contributed by atoms with Gasteiger partial charge in [0.1, 0.15) is 17.7 Å². The van der Waals surface area contributed by atoms with Gasteiger partial charge in [0.2, 0.25) is 5.89 Å². The van der Waals surface area contributed by atoms with Crippen molar-refractivity contribution in [2.45, 2.75) is 38.5 Å². The second kappa shape index (κ2) is 8.93. The minimum absolute atomic E-state index is 0.00920. The number of carbonyl (C=O) groups is 1. The Hall–Kier alpha value is -3.83. The smallest absolute Gasteiger partial charge is 0.281 e. The third-order valence-electron chi connectivity index (χ3n) is 6.93. The molecule has 1 atom stereocenters. The van der Waals surface area contributed by atoms with Crippen LogP contribution in [0.2, 0.25) is 0 Å². The van der Waals surface area contributed by atoms with Gasteiger partial charge in [-0.15, -0.1) is 0 Å². The molecule has 1 aliphatic carbocycles. The van der Waals surface area contributed by atoms with Crippen molar-refractivity contribution in [1.82, 2.24) is 20.2 Å². The summed E-state index contributed by atoms with van der Waals surface area (Å²) >= 11 is 0. The number of nitrogens with two attached hydrogens (primary N) is 1. The molecule has 2 fully saturated rings. The van der Waals surface area contributed by atoms with E-state index in [2.05, 4.69) is 15.6 Å². The van der Waals surface area contributed by atoms with Gasteiger partial charge in [-0.2, -0.15) is 0 Å². The molecular weight excluding hydrogens is 484 g/mol. The van der Waals surface area contributed by atoms with Crippen molar-refractivity contribution in [2.75, 3.05) is 25.4 Å². The van der Waals surface area contributed by atoms with Crippen LogP contribution in [0.1, 0.15) is 30.3 Å². The molecule has 1 aliphatic heterocycles. The topological polar surface area (TPSA) is 124 Å². The van der Waals surface area contributed by atoms with Crippen LogP contribution >= 0.6 is 0 Å². The number of halogens is 2. The number of aromatic nitrogens is 2. The Morgan fingerprint density at radius 2 is 2.05 bits per heavy atom. The number of nitrogens with one attached hydrogen (secondary N) is 2. The fraction of sp³-hybridized carbons (Fsp3) is 0.346. The largest absolute Gasteiger partial charge is 0.438 e. The normalized spacial score (nSPS) is 18.0. The van der Waals surface area contributed by atoms with Crippen molar-refractivity contribution in [3.8, 4) is 11.1 Å². The van der Waals surface area contributed by atoms with Crippen LogP contribution in [0.5, 0.6) is 0 Å². The van der Waals surface area contributed by atoms with Crippen molar-refractivity contribution in [3.05, 3.63) is 57.7 Å². The number of nitrogen functional groups attached to an aromatic ring is 1. The van der Waals surface area contributed by atoms with Crippen molar-refractivity contribution in [2.24, 2.45) is 0 Å². The van der Waals surface area contributed by atoms with Gasteiger partial charge >= 0.3 is 0 Å². The van der Waals surface area contributed by atoms with Crippen LogP contribution in [0.15, 0.2) is 33.5 Å². The van der Waals surface area contributed by atoms with Crippen LogP contribution in [0, 0.1) is 18.6 Å². The number of hydrogen-bond donors (Lipinski definition) is 3. The van der Waals surface area contributed by atoms with Crippen molar-refractivity contribution in [3.63, 3.8) is 0 Å². The average Bonchev–Trinajstić information content (AvgIpc) is 3.63. The van der Waals surface area contributed by atoms with E-state index < -0.39 is 17.7 Å². The second-order valence-electron chi connectivity index (χ2n) is 9.46. The minimum atomic E-state index is -0.720. The van der Waals surface area contributed by atoms with Gasteiger partial charge < -0.3 is 30.1 Å². The molecule has 4 N–H and O–H groups in total. The first-order valence-corrected chi connectivity index (χ1v) is 12.2. The predicted molar refractivity (Wildman–Crippen MR) is 133 cm³/mol. The summed E-state index contributed by atoms with van der Waals surface area (Å²) in [4.78, 5) is 30.4. The Morgan fingerprint density at radius 3 is 2.78 bits per heavy atom. The number of pyridine rings is 1. The number of carbonyl (C=O) groups excluding carboxylic acids is 1. The Labute approximate surface area is 209 Å². The number of rotatable bonds is 5. The van der Waals surface area contributed by atoms with Gasteiger partial charge in [-0.25, -0.2) is 13.8 Å². The number of nitrogens with zero attached hydrogens (tertiary/aromatic N) is 2. The van der Waals surface area contributed by atoms with Crippen LogP contribution in [-0.2, 0) is 16.1 Å². The summed E-state index contributed by atoms with van der Waals surface area (Å²) in [5.74, 6) is -1.49. The monoisotopic (exact) mass is 509 g/mol. The summed E-state index contributed by atoms with van der Waals surface area (Å²) in [6.45, 7) is 3.31. The highest BCUT2D eigenvalue weighted by atomic mass is 19.1. The molecular formula is C26H25F2N5O4. The molecule has 6 rings (SSSR count). The number of fused-ring (bicyclic) bond motifs is 3. The van der Waals surface area contributed by atoms with E-state index in [0.717, 1.165) is 25.0 Å². The maximum Gasteiger partial charge on any atom is 0.281 e. The number of anilines is 1. The molecule has 9 nitrogen and oxygen atoms in total. The van der Waals surface area contributed by atoms with E-state index in [-0.39, 0.29) is 52.3 Å². The molecule has 4 aromatic rings. The molecule has 37 heavy (non-hydrogen) atoms. The highest BCUT2D eigenvalue weighted by Gasteiger charge is 2.31. The number of oxazole rings is 1. The first-order chi connectivity index (χ1) is 17.8. The molecule has 2 aromatic carbocycles. The van der Waals surface area contributed by atoms with E-state index in [1.54, 1.807) is 23.6 Å². The van der Waals surface area contributed by atoms with Gasteiger partial charge in [-0.3, -0.25) is 9.59 Å². The van der Waals surface area contributed by atoms with Crippen LogP contribution in [0.3, 0.4) is 0 Å². The van der Waals surface area contributed by atoms with Crippen LogP contribution in [-0.4, -0.2) is 41.3 Å². The zero-order valence-electron chi connectivity index (χ0n) is 20.1. The lowest BCUT2D eigenvalue weighted by Crippen LogP contribution is -2.47. The van der Waals surface area contributed by atoms with Gasteiger partial charge in [-0.05, 0) is 43.0 Å². The molecule has 1 saturated carbocycles. The van der Waals surface area contributed by atoms with Crippen molar-refractivity contribution >= 4 is 33.6 Å². The molecule has 2 aromatic heterocycles. The summed E-state index contributed by atoms with van der Waals surface area (Å²) in [6.07, 6.45) is 1.04. The number of morpholine rings is 1. The van der Waals surface area contributed by atoms with E-state index in [1.807, 2.05) is 0 Å². The van der Waals surface area contributed by atoms with Gasteiger partial charge in [0.25, 0.3) is 11.5 Å². The molecule has 192 valence electrons. The summed E-state index contributed by atoms with van der Waals surface area (Å²) in [5, 5.41) is 6.47. The second-order valence-corrected chi connectivity index (χ2v) is 9.46. The van der Waals surface area contributed by atoms with Gasteiger partial charge in [0, 0.05) is 36.1 Å². The summed E-state index contributed by atoms with van der Waals surface area (Å²) < 4.78 is 42.1. The molecule has 3 heterocycles. The van der Waals surface area contributed by atoms with Crippen LogP contribution < -0.4 is 21.9 Å². The zero-order valence-corrected chi connectivity index (χ0v) is 20.1. The standard InChI is InChI=1S/C26H25F2N5O4/c1-12-14(16-8-18(28)19(29)9-17(16)27)4-5-15-23(12)33(13-2-3-13)26(35)22-24(15)37-21(32-22)11-31-25(34)20-10-30-6-7-36-20/h4-5,8-9,13,20,30H,2-3,6-7,10-11,29H2,1H3,(H,31,34)/t20-/m0/s1. The number of hydrogen-bond acceptors (Lipinski definition) is 7. The third-order valence-corrected chi connectivity index (χ3v) is 6.93. The quantitative estimate of drug-likeness (QED) is 0.354. The highest BCUT2D eigenvalue weighted by Crippen LogP contribution is 2.41. The Bertz CT molecular complexity index is 1620. The van der Waals surface area contributed by atoms with Crippen molar-refractivity contribution in [1.29, 1.82) is 0 Å². The van der Waals surface area contributed by atoms with E-state index in [1.165, 1.54) is 0 Å². The van der Waals surface area contributed by atoms with E-state index in [9.17, 15) is 18.4 Å².